The SMILES string of the molecule is C[C@H](NC(=O)c1ccc(C(=O)N2CCS[C@H]2C(N)C(=O)OC(C)(C)C)c(Br)c1)c1nc2cc(Cl)ccc2[nH]1. The Balaban J connectivity index is 1.45. The predicted octanol–water partition coefficient (Wildman–Crippen LogP) is 4.65. The minimum atomic E-state index is -0.981. The molecule has 3 aromatic rings. The number of rotatable bonds is 6. The number of benzene rings is 2. The molecule has 1 saturated heterocycles. The van der Waals surface area contributed by atoms with Crippen molar-refractivity contribution < 1.29 is 19.1 Å². The molecule has 0 radical (unpaired) electrons. The van der Waals surface area contributed by atoms with Crippen molar-refractivity contribution in [3.8, 4) is 0 Å². The number of nitrogens with zero attached hydrogens (tertiary/aromatic N) is 2. The maximum atomic E-state index is 13.4. The first-order valence-corrected chi connectivity index (χ1v) is 14.2. The van der Waals surface area contributed by atoms with Crippen molar-refractivity contribution in [1.29, 1.82) is 0 Å². The summed E-state index contributed by atoms with van der Waals surface area (Å²) in [5, 5.41) is 2.95. The van der Waals surface area contributed by atoms with Crippen LogP contribution in [0.5, 0.6) is 0 Å². The number of halogens is 2. The van der Waals surface area contributed by atoms with Gasteiger partial charge in [0.05, 0.1) is 22.6 Å². The van der Waals surface area contributed by atoms with Gasteiger partial charge in [-0.1, -0.05) is 11.6 Å². The van der Waals surface area contributed by atoms with Crippen LogP contribution in [0.25, 0.3) is 11.0 Å². The number of ether oxygens (including phenoxy) is 1. The van der Waals surface area contributed by atoms with Gasteiger partial charge in [-0.05, 0) is 80.0 Å². The van der Waals surface area contributed by atoms with Gasteiger partial charge in [0, 0.05) is 27.4 Å². The van der Waals surface area contributed by atoms with Crippen LogP contribution in [-0.2, 0) is 9.53 Å². The number of aromatic nitrogens is 2. The fourth-order valence-electron chi connectivity index (χ4n) is 4.03. The number of amides is 2. The molecule has 0 aliphatic carbocycles. The zero-order valence-corrected chi connectivity index (χ0v) is 24.5. The number of imidazole rings is 1. The summed E-state index contributed by atoms with van der Waals surface area (Å²) < 4.78 is 5.88. The topological polar surface area (TPSA) is 130 Å². The molecule has 0 spiro atoms. The molecular formula is C26H29BrClN5O4S. The van der Waals surface area contributed by atoms with E-state index in [0.717, 1.165) is 5.52 Å². The summed E-state index contributed by atoms with van der Waals surface area (Å²) in [5.41, 5.74) is 7.79. The highest BCUT2D eigenvalue weighted by molar-refractivity contribution is 9.10. The van der Waals surface area contributed by atoms with E-state index in [1.165, 1.54) is 11.8 Å². The summed E-state index contributed by atoms with van der Waals surface area (Å²) in [4.78, 5) is 48.2. The first-order valence-electron chi connectivity index (χ1n) is 12.0. The quantitative estimate of drug-likeness (QED) is 0.341. The number of carbonyl (C=O) groups is 3. The Bertz CT molecular complexity index is 1390. The number of nitrogens with two attached hydrogens (primary N) is 1. The van der Waals surface area contributed by atoms with E-state index in [1.807, 2.05) is 13.0 Å². The number of aromatic amines is 1. The number of carbonyl (C=O) groups excluding carboxylic acids is 3. The van der Waals surface area contributed by atoms with Crippen molar-refractivity contribution in [3.63, 3.8) is 0 Å². The second-order valence-electron chi connectivity index (χ2n) is 9.99. The molecule has 1 aromatic heterocycles. The van der Waals surface area contributed by atoms with Crippen molar-refractivity contribution in [2.75, 3.05) is 12.3 Å². The van der Waals surface area contributed by atoms with E-state index in [2.05, 4.69) is 31.2 Å². The van der Waals surface area contributed by atoms with Crippen LogP contribution in [0.1, 0.15) is 60.3 Å². The molecule has 4 rings (SSSR count). The molecule has 2 aromatic carbocycles. The van der Waals surface area contributed by atoms with Crippen LogP contribution >= 0.6 is 39.3 Å². The first kappa shape index (κ1) is 28.4. The van der Waals surface area contributed by atoms with E-state index >= 15 is 0 Å². The molecule has 1 aliphatic rings. The van der Waals surface area contributed by atoms with Gasteiger partial charge in [-0.25, -0.2) is 4.98 Å². The highest BCUT2D eigenvalue weighted by atomic mass is 79.9. The highest BCUT2D eigenvalue weighted by Gasteiger charge is 2.39. The monoisotopic (exact) mass is 621 g/mol. The summed E-state index contributed by atoms with van der Waals surface area (Å²) >= 11 is 10.9. The third-order valence-electron chi connectivity index (χ3n) is 5.86. The Morgan fingerprint density at radius 1 is 1.26 bits per heavy atom. The molecule has 0 bridgehead atoms. The number of esters is 1. The minimum Gasteiger partial charge on any atom is -0.459 e. The zero-order chi connectivity index (χ0) is 27.8. The van der Waals surface area contributed by atoms with Gasteiger partial charge in [-0.15, -0.1) is 11.8 Å². The molecule has 3 atom stereocenters. The van der Waals surface area contributed by atoms with Crippen LogP contribution in [0.2, 0.25) is 5.02 Å². The molecule has 1 unspecified atom stereocenters. The van der Waals surface area contributed by atoms with Crippen molar-refractivity contribution in [2.24, 2.45) is 5.73 Å². The van der Waals surface area contributed by atoms with E-state index in [-0.39, 0.29) is 11.8 Å². The van der Waals surface area contributed by atoms with Gasteiger partial charge >= 0.3 is 5.97 Å². The van der Waals surface area contributed by atoms with E-state index < -0.39 is 29.0 Å². The van der Waals surface area contributed by atoms with Crippen LogP contribution in [-0.4, -0.2) is 62.0 Å². The summed E-state index contributed by atoms with van der Waals surface area (Å²) in [6, 6.07) is 8.75. The van der Waals surface area contributed by atoms with E-state index in [0.29, 0.717) is 44.3 Å². The Morgan fingerprint density at radius 3 is 2.68 bits per heavy atom. The average molecular weight is 623 g/mol. The lowest BCUT2D eigenvalue weighted by Gasteiger charge is -2.30. The van der Waals surface area contributed by atoms with E-state index in [9.17, 15) is 14.4 Å². The number of hydrogen-bond donors (Lipinski definition) is 3. The van der Waals surface area contributed by atoms with Crippen LogP contribution in [0, 0.1) is 0 Å². The van der Waals surface area contributed by atoms with Crippen molar-refractivity contribution in [3.05, 3.63) is 62.8 Å². The molecule has 2 heterocycles. The van der Waals surface area contributed by atoms with Gasteiger partial charge in [0.2, 0.25) is 0 Å². The molecule has 12 heteroatoms. The number of thioether (sulfide) groups is 1. The third-order valence-corrected chi connectivity index (χ3v) is 8.06. The number of H-pyrrole nitrogens is 1. The lowest BCUT2D eigenvalue weighted by molar-refractivity contribution is -0.157. The molecular weight excluding hydrogens is 594 g/mol. The standard InChI is InChI=1S/C26H29BrClN5O4S/c1-13(21-31-18-8-6-15(28)12-19(18)32-21)30-22(34)14-5-7-16(17(27)11-14)23(35)33-9-10-38-24(33)20(29)25(36)37-26(2,3)4/h5-8,11-13,20,24H,9-10,29H2,1-4H3,(H,30,34)(H,31,32)/t13-,20?,24-/m0/s1. The Hall–Kier alpha value is -2.60. The van der Waals surface area contributed by atoms with Crippen molar-refractivity contribution in [1.82, 2.24) is 20.2 Å². The van der Waals surface area contributed by atoms with Gasteiger partial charge in [0.15, 0.2) is 0 Å². The molecule has 4 N–H and O–H groups in total. The third kappa shape index (κ3) is 6.33. The van der Waals surface area contributed by atoms with Gasteiger partial charge in [-0.2, -0.15) is 0 Å². The fourth-order valence-corrected chi connectivity index (χ4v) is 5.98. The van der Waals surface area contributed by atoms with Crippen LogP contribution in [0.3, 0.4) is 0 Å². The normalized spacial score (nSPS) is 17.3. The lowest BCUT2D eigenvalue weighted by Crippen LogP contribution is -2.51. The first-order chi connectivity index (χ1) is 17.8. The predicted molar refractivity (Wildman–Crippen MR) is 152 cm³/mol. The van der Waals surface area contributed by atoms with Gasteiger partial charge in [0.25, 0.3) is 11.8 Å². The maximum Gasteiger partial charge on any atom is 0.326 e. The molecule has 202 valence electrons. The fraction of sp³-hybridized carbons (Fsp3) is 0.385. The molecule has 0 saturated carbocycles. The van der Waals surface area contributed by atoms with Crippen LogP contribution < -0.4 is 11.1 Å². The highest BCUT2D eigenvalue weighted by Crippen LogP contribution is 2.31. The second-order valence-corrected chi connectivity index (χ2v) is 12.5. The maximum absolute atomic E-state index is 13.4. The molecule has 2 amide bonds. The summed E-state index contributed by atoms with van der Waals surface area (Å²) in [7, 11) is 0. The lowest BCUT2D eigenvalue weighted by atomic mass is 10.1. The number of hydrogen-bond acceptors (Lipinski definition) is 7. The summed E-state index contributed by atoms with van der Waals surface area (Å²) in [6.45, 7) is 7.57. The van der Waals surface area contributed by atoms with E-state index in [1.54, 1.807) is 56.0 Å². The Kier molecular flexibility index (Phi) is 8.41. The van der Waals surface area contributed by atoms with Crippen molar-refractivity contribution >= 4 is 68.1 Å². The minimum absolute atomic E-state index is 0.285. The number of fused-ring (bicyclic) bond motifs is 1. The molecule has 1 aliphatic heterocycles. The summed E-state index contributed by atoms with van der Waals surface area (Å²) in [5.74, 6) is 0.0869. The van der Waals surface area contributed by atoms with Gasteiger partial charge in [0.1, 0.15) is 22.8 Å². The van der Waals surface area contributed by atoms with Gasteiger partial charge in [-0.3, -0.25) is 14.4 Å². The second kappa shape index (κ2) is 11.3. The largest absolute Gasteiger partial charge is 0.459 e. The molecule has 1 fully saturated rings. The Labute approximate surface area is 238 Å². The van der Waals surface area contributed by atoms with Crippen LogP contribution in [0.4, 0.5) is 0 Å². The summed E-state index contributed by atoms with van der Waals surface area (Å²) in [6.07, 6.45) is 0. The number of nitrogens with one attached hydrogen (secondary N) is 2. The average Bonchev–Trinajstić information content (AvgIpc) is 3.49. The smallest absolute Gasteiger partial charge is 0.326 e. The van der Waals surface area contributed by atoms with E-state index in [4.69, 9.17) is 22.1 Å². The molecule has 38 heavy (non-hydrogen) atoms. The van der Waals surface area contributed by atoms with Crippen LogP contribution in [0.15, 0.2) is 40.9 Å². The van der Waals surface area contributed by atoms with Gasteiger partial charge < -0.3 is 25.7 Å². The zero-order valence-electron chi connectivity index (χ0n) is 21.4. The Morgan fingerprint density at radius 2 is 2.00 bits per heavy atom. The molecule has 9 nitrogen and oxygen atoms in total. The van der Waals surface area contributed by atoms with Crippen molar-refractivity contribution in [2.45, 2.75) is 50.8 Å².